The summed E-state index contributed by atoms with van der Waals surface area (Å²) >= 11 is 0. The van der Waals surface area contributed by atoms with E-state index in [0.717, 1.165) is 21.9 Å². The predicted octanol–water partition coefficient (Wildman–Crippen LogP) is 0.853. The first-order valence-corrected chi connectivity index (χ1v) is 10.7. The topological polar surface area (TPSA) is 130 Å². The molecule has 0 spiro atoms. The molecule has 0 aliphatic carbocycles. The average molecular weight is 431 g/mol. The Morgan fingerprint density at radius 3 is 2.70 bits per heavy atom. The molecule has 0 saturated carbocycles. The number of anilines is 1. The van der Waals surface area contributed by atoms with Gasteiger partial charge in [-0.15, -0.1) is 0 Å². The monoisotopic (exact) mass is 431 g/mol. The molecule has 0 aliphatic rings. The van der Waals surface area contributed by atoms with Gasteiger partial charge >= 0.3 is 5.69 Å². The summed E-state index contributed by atoms with van der Waals surface area (Å²) in [6.07, 6.45) is 2.56. The zero-order valence-corrected chi connectivity index (χ0v) is 17.4. The number of sulfonamides is 1. The molecule has 0 aliphatic heterocycles. The molecule has 158 valence electrons. The van der Waals surface area contributed by atoms with E-state index in [0.29, 0.717) is 11.5 Å². The molecule has 0 unspecified atom stereocenters. The second kappa shape index (κ2) is 8.51. The molecule has 0 fully saturated rings. The third-order valence-corrected chi connectivity index (χ3v) is 4.88. The normalized spacial score (nSPS) is 11.8. The summed E-state index contributed by atoms with van der Waals surface area (Å²) in [5.41, 5.74) is 0.594. The van der Waals surface area contributed by atoms with Crippen LogP contribution in [0.5, 0.6) is 0 Å². The van der Waals surface area contributed by atoms with E-state index >= 15 is 0 Å². The minimum Gasteiger partial charge on any atom is -0.455 e. The first kappa shape index (κ1) is 21.3. The second-order valence-electron chi connectivity index (χ2n) is 6.62. The molecule has 2 aromatic heterocycles. The third-order valence-electron chi connectivity index (χ3n) is 4.21. The van der Waals surface area contributed by atoms with Gasteiger partial charge in [0.1, 0.15) is 17.3 Å². The first-order valence-electron chi connectivity index (χ1n) is 8.84. The van der Waals surface area contributed by atoms with Crippen LogP contribution in [-0.4, -0.2) is 37.5 Å². The summed E-state index contributed by atoms with van der Waals surface area (Å²) < 4.78 is 31.7. The van der Waals surface area contributed by atoms with E-state index in [2.05, 4.69) is 14.8 Å². The number of aromatic amines is 1. The maximum atomic E-state index is 11.7. The lowest BCUT2D eigenvalue weighted by Gasteiger charge is -2.11. The lowest BCUT2D eigenvalue weighted by Crippen LogP contribution is -2.33. The molecule has 10 nitrogen and oxygen atoms in total. The predicted molar refractivity (Wildman–Crippen MR) is 114 cm³/mol. The fraction of sp³-hybridized carbons (Fsp3) is 0.211. The summed E-state index contributed by atoms with van der Waals surface area (Å²) in [4.78, 5) is 26.0. The minimum absolute atomic E-state index is 0.182. The molecule has 0 atom stereocenters. The van der Waals surface area contributed by atoms with Crippen molar-refractivity contribution in [3.05, 3.63) is 74.6 Å². The van der Waals surface area contributed by atoms with E-state index in [1.54, 1.807) is 19.2 Å². The second-order valence-corrected chi connectivity index (χ2v) is 8.45. The van der Waals surface area contributed by atoms with Crippen molar-refractivity contribution >= 4 is 22.1 Å². The number of hydrogen-bond acceptors (Lipinski definition) is 7. The van der Waals surface area contributed by atoms with E-state index in [-0.39, 0.29) is 12.4 Å². The molecule has 3 rings (SSSR count). The highest BCUT2D eigenvalue weighted by molar-refractivity contribution is 7.88. The largest absolute Gasteiger partial charge is 0.455 e. The maximum Gasteiger partial charge on any atom is 0.329 e. The SMILES string of the molecule is CN(/N=C/c1ccc(-c2cccc(CNS(C)(=O)=O)c2)o1)c1cc(=O)n(C)c(=O)[nH]1. The Morgan fingerprint density at radius 1 is 1.23 bits per heavy atom. The van der Waals surface area contributed by atoms with Crippen molar-refractivity contribution < 1.29 is 12.8 Å². The number of H-pyrrole nitrogens is 1. The van der Waals surface area contributed by atoms with Crippen molar-refractivity contribution in [1.82, 2.24) is 14.3 Å². The summed E-state index contributed by atoms with van der Waals surface area (Å²) in [5, 5.41) is 5.53. The average Bonchev–Trinajstić information content (AvgIpc) is 3.17. The first-order chi connectivity index (χ1) is 14.1. The standard InChI is InChI=1S/C19H21N5O5S/c1-23-18(25)10-17(22-19(23)26)24(2)20-12-15-7-8-16(29-15)14-6-4-5-13(9-14)11-21-30(3,27)28/h4-10,12,21H,11H2,1-3H3,(H,22,26)/b20-12+. The molecule has 30 heavy (non-hydrogen) atoms. The van der Waals surface area contributed by atoms with E-state index in [1.165, 1.54) is 24.3 Å². The third kappa shape index (κ3) is 5.33. The van der Waals surface area contributed by atoms with Gasteiger partial charge in [0.25, 0.3) is 5.56 Å². The van der Waals surface area contributed by atoms with Crippen molar-refractivity contribution in [2.24, 2.45) is 12.1 Å². The van der Waals surface area contributed by atoms with Crippen LogP contribution in [0, 0.1) is 0 Å². The smallest absolute Gasteiger partial charge is 0.329 e. The Bertz CT molecular complexity index is 1270. The van der Waals surface area contributed by atoms with Crippen molar-refractivity contribution in [2.45, 2.75) is 6.54 Å². The lowest BCUT2D eigenvalue weighted by molar-refractivity contribution is 0.574. The van der Waals surface area contributed by atoms with E-state index in [1.807, 2.05) is 24.3 Å². The molecule has 2 N–H and O–H groups in total. The molecule has 2 heterocycles. The number of nitrogens with zero attached hydrogens (tertiary/aromatic N) is 3. The fourth-order valence-corrected chi connectivity index (χ4v) is 2.98. The molecular formula is C19H21N5O5S. The maximum absolute atomic E-state index is 11.7. The van der Waals surface area contributed by atoms with Crippen molar-refractivity contribution in [1.29, 1.82) is 0 Å². The van der Waals surface area contributed by atoms with E-state index < -0.39 is 21.3 Å². The van der Waals surface area contributed by atoms with E-state index in [9.17, 15) is 18.0 Å². The van der Waals surface area contributed by atoms with Crippen molar-refractivity contribution in [3.63, 3.8) is 0 Å². The molecule has 1 aromatic carbocycles. The van der Waals surface area contributed by atoms with Crippen LogP contribution in [-0.2, 0) is 23.6 Å². The molecule has 11 heteroatoms. The van der Waals surface area contributed by atoms with Gasteiger partial charge in [-0.05, 0) is 23.8 Å². The highest BCUT2D eigenvalue weighted by atomic mass is 32.2. The Kier molecular flexibility index (Phi) is 6.04. The van der Waals surface area contributed by atoms with Gasteiger partial charge in [-0.2, -0.15) is 5.10 Å². The van der Waals surface area contributed by atoms with Gasteiger partial charge in [0.2, 0.25) is 10.0 Å². The highest BCUT2D eigenvalue weighted by Crippen LogP contribution is 2.22. The fourth-order valence-electron chi connectivity index (χ4n) is 2.55. The quantitative estimate of drug-likeness (QED) is 0.421. The molecule has 0 bridgehead atoms. The van der Waals surface area contributed by atoms with Crippen LogP contribution in [0.2, 0.25) is 0 Å². The lowest BCUT2D eigenvalue weighted by atomic mass is 10.1. The van der Waals surface area contributed by atoms with E-state index in [4.69, 9.17) is 4.42 Å². The highest BCUT2D eigenvalue weighted by Gasteiger charge is 2.08. The number of hydrogen-bond donors (Lipinski definition) is 2. The number of rotatable bonds is 7. The summed E-state index contributed by atoms with van der Waals surface area (Å²) in [7, 11) is -0.314. The minimum atomic E-state index is -3.28. The Hall–Kier alpha value is -3.44. The summed E-state index contributed by atoms with van der Waals surface area (Å²) in [5.74, 6) is 1.29. The van der Waals surface area contributed by atoms with Crippen LogP contribution in [0.4, 0.5) is 5.82 Å². The van der Waals surface area contributed by atoms with Gasteiger partial charge in [0.15, 0.2) is 0 Å². The van der Waals surface area contributed by atoms with Crippen LogP contribution in [0.25, 0.3) is 11.3 Å². The Balaban J connectivity index is 1.75. The van der Waals surface area contributed by atoms with Crippen LogP contribution in [0.1, 0.15) is 11.3 Å². The van der Waals surface area contributed by atoms with Gasteiger partial charge in [-0.25, -0.2) is 17.9 Å². The zero-order valence-electron chi connectivity index (χ0n) is 16.6. The molecule has 0 saturated heterocycles. The van der Waals surface area contributed by atoms with Gasteiger partial charge in [-0.3, -0.25) is 19.4 Å². The summed E-state index contributed by atoms with van der Waals surface area (Å²) in [6, 6.07) is 12.1. The van der Waals surface area contributed by atoms with Gasteiger partial charge < -0.3 is 4.42 Å². The number of furan rings is 1. The number of hydrazone groups is 1. The number of benzene rings is 1. The molecule has 0 radical (unpaired) electrons. The number of aromatic nitrogens is 2. The van der Waals surface area contributed by atoms with Crippen molar-refractivity contribution in [2.75, 3.05) is 18.3 Å². The van der Waals surface area contributed by atoms with Gasteiger partial charge in [0, 0.05) is 32.3 Å². The molecule has 3 aromatic rings. The van der Waals surface area contributed by atoms with Crippen molar-refractivity contribution in [3.8, 4) is 11.3 Å². The van der Waals surface area contributed by atoms with Crippen LogP contribution in [0.15, 0.2) is 61.6 Å². The Labute approximate surface area is 172 Å². The van der Waals surface area contributed by atoms with Crippen LogP contribution < -0.4 is 21.0 Å². The van der Waals surface area contributed by atoms with Crippen LogP contribution in [0.3, 0.4) is 0 Å². The molecular weight excluding hydrogens is 410 g/mol. The molecule has 0 amide bonds. The van der Waals surface area contributed by atoms with Crippen LogP contribution >= 0.6 is 0 Å². The Morgan fingerprint density at radius 2 is 2.00 bits per heavy atom. The zero-order chi connectivity index (χ0) is 21.9. The van der Waals surface area contributed by atoms with Gasteiger partial charge in [0.05, 0.1) is 12.5 Å². The number of nitrogens with one attached hydrogen (secondary N) is 2. The van der Waals surface area contributed by atoms with Gasteiger partial charge in [-0.1, -0.05) is 18.2 Å². The summed E-state index contributed by atoms with van der Waals surface area (Å²) in [6.45, 7) is 0.182.